The SMILES string of the molecule is O=C(CNc1ccc2c(c1)OCCO2)Nc1ccc2c(c1)C(=O)NC2=O. The average Bonchev–Trinajstić information content (AvgIpc) is 2.93. The molecule has 2 heterocycles. The van der Waals surface area contributed by atoms with Crippen LogP contribution in [0.1, 0.15) is 20.7 Å². The molecule has 0 fully saturated rings. The number of hydrogen-bond acceptors (Lipinski definition) is 6. The number of carbonyl (C=O) groups excluding carboxylic acids is 3. The third kappa shape index (κ3) is 3.04. The second-order valence-electron chi connectivity index (χ2n) is 5.80. The molecule has 0 aliphatic carbocycles. The van der Waals surface area contributed by atoms with Crippen LogP contribution >= 0.6 is 0 Å². The zero-order valence-electron chi connectivity index (χ0n) is 13.6. The molecular formula is C18H15N3O5. The van der Waals surface area contributed by atoms with Crippen LogP contribution in [0.2, 0.25) is 0 Å². The lowest BCUT2D eigenvalue weighted by Crippen LogP contribution is -2.22. The van der Waals surface area contributed by atoms with Gasteiger partial charge in [-0.05, 0) is 30.3 Å². The highest BCUT2D eigenvalue weighted by Gasteiger charge is 2.26. The average molecular weight is 353 g/mol. The molecular weight excluding hydrogens is 338 g/mol. The van der Waals surface area contributed by atoms with Crippen molar-refractivity contribution in [3.8, 4) is 11.5 Å². The number of rotatable bonds is 4. The van der Waals surface area contributed by atoms with Gasteiger partial charge in [-0.3, -0.25) is 19.7 Å². The zero-order chi connectivity index (χ0) is 18.1. The summed E-state index contributed by atoms with van der Waals surface area (Å²) in [7, 11) is 0. The summed E-state index contributed by atoms with van der Waals surface area (Å²) in [5.41, 5.74) is 1.74. The lowest BCUT2D eigenvalue weighted by molar-refractivity contribution is -0.114. The van der Waals surface area contributed by atoms with Gasteiger partial charge in [-0.25, -0.2) is 0 Å². The van der Waals surface area contributed by atoms with E-state index in [1.165, 1.54) is 12.1 Å². The first-order valence-corrected chi connectivity index (χ1v) is 8.03. The van der Waals surface area contributed by atoms with E-state index in [4.69, 9.17) is 9.47 Å². The van der Waals surface area contributed by atoms with E-state index in [9.17, 15) is 14.4 Å². The fraction of sp³-hybridized carbons (Fsp3) is 0.167. The maximum Gasteiger partial charge on any atom is 0.259 e. The van der Waals surface area contributed by atoms with Crippen molar-refractivity contribution < 1.29 is 23.9 Å². The Labute approximate surface area is 148 Å². The molecule has 3 N–H and O–H groups in total. The Kier molecular flexibility index (Phi) is 3.92. The van der Waals surface area contributed by atoms with Crippen LogP contribution in [0.4, 0.5) is 11.4 Å². The normalized spacial score (nSPS) is 14.5. The Bertz CT molecular complexity index is 925. The number of anilines is 2. The Morgan fingerprint density at radius 3 is 2.50 bits per heavy atom. The fourth-order valence-electron chi connectivity index (χ4n) is 2.79. The Morgan fingerprint density at radius 1 is 0.923 bits per heavy atom. The van der Waals surface area contributed by atoms with E-state index >= 15 is 0 Å². The van der Waals surface area contributed by atoms with Crippen LogP contribution in [-0.4, -0.2) is 37.5 Å². The summed E-state index contributed by atoms with van der Waals surface area (Å²) in [6.07, 6.45) is 0. The summed E-state index contributed by atoms with van der Waals surface area (Å²) >= 11 is 0. The number of imide groups is 1. The molecule has 0 aromatic heterocycles. The van der Waals surface area contributed by atoms with E-state index in [-0.39, 0.29) is 18.0 Å². The molecule has 0 saturated carbocycles. The number of hydrogen-bond donors (Lipinski definition) is 3. The van der Waals surface area contributed by atoms with E-state index in [1.807, 2.05) is 0 Å². The molecule has 2 aliphatic rings. The minimum Gasteiger partial charge on any atom is -0.486 e. The van der Waals surface area contributed by atoms with Crippen LogP contribution in [0.3, 0.4) is 0 Å². The van der Waals surface area contributed by atoms with Gasteiger partial charge in [0.15, 0.2) is 11.5 Å². The van der Waals surface area contributed by atoms with Crippen LogP contribution in [0.5, 0.6) is 11.5 Å². The summed E-state index contributed by atoms with van der Waals surface area (Å²) in [4.78, 5) is 35.3. The summed E-state index contributed by atoms with van der Waals surface area (Å²) in [5.74, 6) is 0.136. The van der Waals surface area contributed by atoms with E-state index in [2.05, 4.69) is 16.0 Å². The van der Waals surface area contributed by atoms with Crippen LogP contribution in [0.15, 0.2) is 36.4 Å². The molecule has 0 saturated heterocycles. The summed E-state index contributed by atoms with van der Waals surface area (Å²) in [5, 5.41) is 7.90. The predicted octanol–water partition coefficient (Wildman–Crippen LogP) is 1.39. The van der Waals surface area contributed by atoms with Gasteiger partial charge >= 0.3 is 0 Å². The topological polar surface area (TPSA) is 106 Å². The molecule has 4 rings (SSSR count). The second-order valence-corrected chi connectivity index (χ2v) is 5.80. The van der Waals surface area contributed by atoms with Gasteiger partial charge in [-0.1, -0.05) is 0 Å². The third-order valence-corrected chi connectivity index (χ3v) is 4.01. The van der Waals surface area contributed by atoms with Gasteiger partial charge in [0.25, 0.3) is 11.8 Å². The largest absolute Gasteiger partial charge is 0.486 e. The highest BCUT2D eigenvalue weighted by molar-refractivity contribution is 6.22. The van der Waals surface area contributed by atoms with Gasteiger partial charge in [0, 0.05) is 17.4 Å². The third-order valence-electron chi connectivity index (χ3n) is 4.01. The van der Waals surface area contributed by atoms with Gasteiger partial charge in [0.1, 0.15) is 13.2 Å². The van der Waals surface area contributed by atoms with Crippen molar-refractivity contribution >= 4 is 29.1 Å². The van der Waals surface area contributed by atoms with E-state index < -0.39 is 11.8 Å². The molecule has 0 bridgehead atoms. The van der Waals surface area contributed by atoms with Crippen molar-refractivity contribution in [2.45, 2.75) is 0 Å². The molecule has 0 unspecified atom stereocenters. The molecule has 3 amide bonds. The van der Waals surface area contributed by atoms with Crippen molar-refractivity contribution in [2.75, 3.05) is 30.4 Å². The highest BCUT2D eigenvalue weighted by Crippen LogP contribution is 2.32. The smallest absolute Gasteiger partial charge is 0.259 e. The number of carbonyl (C=O) groups is 3. The van der Waals surface area contributed by atoms with Crippen LogP contribution in [-0.2, 0) is 4.79 Å². The molecule has 0 spiro atoms. The number of fused-ring (bicyclic) bond motifs is 2. The first-order valence-electron chi connectivity index (χ1n) is 8.03. The van der Waals surface area contributed by atoms with Gasteiger partial charge < -0.3 is 20.1 Å². The number of amides is 3. The van der Waals surface area contributed by atoms with E-state index in [0.717, 1.165) is 5.69 Å². The standard InChI is InChI=1S/C18H15N3O5/c22-16(9-19-10-2-4-14-15(8-10)26-6-5-25-14)20-11-1-3-12-13(7-11)18(24)21-17(12)23/h1-4,7-8,19H,5-6,9H2,(H,20,22)(H,21,23,24). The van der Waals surface area contributed by atoms with Gasteiger partial charge in [-0.2, -0.15) is 0 Å². The lowest BCUT2D eigenvalue weighted by atomic mass is 10.1. The van der Waals surface area contributed by atoms with Crippen molar-refractivity contribution in [1.29, 1.82) is 0 Å². The molecule has 0 atom stereocenters. The van der Waals surface area contributed by atoms with Crippen molar-refractivity contribution in [1.82, 2.24) is 5.32 Å². The number of nitrogens with one attached hydrogen (secondary N) is 3. The van der Waals surface area contributed by atoms with E-state index in [1.54, 1.807) is 24.3 Å². The zero-order valence-corrected chi connectivity index (χ0v) is 13.6. The molecule has 132 valence electrons. The van der Waals surface area contributed by atoms with Crippen LogP contribution in [0.25, 0.3) is 0 Å². The first kappa shape index (κ1) is 15.9. The molecule has 8 nitrogen and oxygen atoms in total. The Hall–Kier alpha value is -3.55. The minimum atomic E-state index is -0.462. The van der Waals surface area contributed by atoms with Gasteiger partial charge in [-0.15, -0.1) is 0 Å². The summed E-state index contributed by atoms with van der Waals surface area (Å²) in [6.45, 7) is 1.04. The van der Waals surface area contributed by atoms with Crippen molar-refractivity contribution in [2.24, 2.45) is 0 Å². The molecule has 8 heteroatoms. The fourth-order valence-corrected chi connectivity index (χ4v) is 2.79. The van der Waals surface area contributed by atoms with E-state index in [0.29, 0.717) is 36.0 Å². The predicted molar refractivity (Wildman–Crippen MR) is 92.8 cm³/mol. The lowest BCUT2D eigenvalue weighted by Gasteiger charge is -2.19. The molecule has 0 radical (unpaired) electrons. The number of benzene rings is 2. The Balaban J connectivity index is 1.38. The summed E-state index contributed by atoms with van der Waals surface area (Å²) in [6, 6.07) is 9.93. The molecule has 2 aromatic carbocycles. The molecule has 2 aliphatic heterocycles. The maximum atomic E-state index is 12.1. The van der Waals surface area contributed by atoms with Crippen molar-refractivity contribution in [3.63, 3.8) is 0 Å². The van der Waals surface area contributed by atoms with Gasteiger partial charge in [0.05, 0.1) is 17.7 Å². The quantitative estimate of drug-likeness (QED) is 0.718. The first-order chi connectivity index (χ1) is 12.6. The van der Waals surface area contributed by atoms with Gasteiger partial charge in [0.2, 0.25) is 5.91 Å². The Morgan fingerprint density at radius 2 is 1.65 bits per heavy atom. The number of ether oxygens (including phenoxy) is 2. The highest BCUT2D eigenvalue weighted by atomic mass is 16.6. The van der Waals surface area contributed by atoms with Crippen LogP contribution < -0.4 is 25.4 Å². The summed E-state index contributed by atoms with van der Waals surface area (Å²) < 4.78 is 10.9. The van der Waals surface area contributed by atoms with Crippen molar-refractivity contribution in [3.05, 3.63) is 47.5 Å². The second kappa shape index (κ2) is 6.40. The molecule has 26 heavy (non-hydrogen) atoms. The maximum absolute atomic E-state index is 12.1. The minimum absolute atomic E-state index is 0.0296. The van der Waals surface area contributed by atoms with Crippen LogP contribution in [0, 0.1) is 0 Å². The monoisotopic (exact) mass is 353 g/mol. The molecule has 2 aromatic rings.